The van der Waals surface area contributed by atoms with E-state index in [4.69, 9.17) is 0 Å². The molecule has 0 bridgehead atoms. The summed E-state index contributed by atoms with van der Waals surface area (Å²) in [6.07, 6.45) is 7.94. The second-order valence-corrected chi connectivity index (χ2v) is 10.5. The lowest BCUT2D eigenvalue weighted by Crippen LogP contribution is -2.37. The van der Waals surface area contributed by atoms with Crippen LogP contribution in [0, 0.1) is 5.92 Å². The molecule has 2 aliphatic rings. The van der Waals surface area contributed by atoms with Crippen LogP contribution in [-0.4, -0.2) is 0 Å². The van der Waals surface area contributed by atoms with Gasteiger partial charge in [-0.2, -0.15) is 0 Å². The zero-order valence-electron chi connectivity index (χ0n) is 21.1. The molecule has 0 aliphatic heterocycles. The third-order valence-corrected chi connectivity index (χ3v) is 8.38. The average Bonchev–Trinajstić information content (AvgIpc) is 2.99. The highest BCUT2D eigenvalue weighted by atomic mass is 14.3. The Morgan fingerprint density at radius 2 is 1.16 bits per heavy atom. The van der Waals surface area contributed by atoms with Gasteiger partial charge in [-0.3, -0.25) is 0 Å². The van der Waals surface area contributed by atoms with Gasteiger partial charge in [0, 0.05) is 5.92 Å². The first-order valence-electron chi connectivity index (χ1n) is 13.5. The topological polar surface area (TPSA) is 0 Å². The first kappa shape index (κ1) is 21.4. The van der Waals surface area contributed by atoms with Gasteiger partial charge in [-0.25, -0.2) is 0 Å². The lowest BCUT2D eigenvalue weighted by Gasteiger charge is -2.31. The fraction of sp³-hybridized carbons (Fsp3) is 0.0526. The van der Waals surface area contributed by atoms with Gasteiger partial charge in [0.1, 0.15) is 0 Å². The van der Waals surface area contributed by atoms with Crippen molar-refractivity contribution in [2.75, 3.05) is 0 Å². The van der Waals surface area contributed by atoms with Gasteiger partial charge in [-0.15, -0.1) is 0 Å². The van der Waals surface area contributed by atoms with Gasteiger partial charge in [0.2, 0.25) is 0 Å². The Balaban J connectivity index is 1.47. The standard InChI is InChI=1S/C38H26/c1-2-11-28-23-29(21-17-25(28)9-1)37-32-13-5-7-15-34(32)38(35-16-8-6-14-33(35)37)30-22-20-27-19-18-26-10-3-4-12-31(26)36(27)24-30/h1-15,17-24,35H,16H2. The second kappa shape index (κ2) is 8.43. The third kappa shape index (κ3) is 3.24. The Bertz CT molecular complexity index is 2100. The van der Waals surface area contributed by atoms with Crippen LogP contribution in [0.15, 0.2) is 145 Å². The van der Waals surface area contributed by atoms with Crippen molar-refractivity contribution in [3.8, 4) is 0 Å². The Labute approximate surface area is 222 Å². The van der Waals surface area contributed by atoms with E-state index in [1.165, 1.54) is 70.6 Å². The zero-order chi connectivity index (χ0) is 25.1. The summed E-state index contributed by atoms with van der Waals surface area (Å²) in [4.78, 5) is 0. The van der Waals surface area contributed by atoms with E-state index < -0.39 is 0 Å². The van der Waals surface area contributed by atoms with E-state index in [1.54, 1.807) is 0 Å². The van der Waals surface area contributed by atoms with Crippen molar-refractivity contribution in [3.63, 3.8) is 0 Å². The molecule has 0 saturated carbocycles. The SMILES string of the molecule is C1=CCC2C(=C1)C(c1ccc3ccccc3c1)=c1ccccc1=C2c1ccc2ccc3ccccc3c2c1. The average molecular weight is 483 g/mol. The predicted molar refractivity (Wildman–Crippen MR) is 161 cm³/mol. The van der Waals surface area contributed by atoms with Gasteiger partial charge in [0.05, 0.1) is 0 Å². The fourth-order valence-corrected chi connectivity index (χ4v) is 6.63. The molecule has 0 heteroatoms. The number of benzene rings is 6. The summed E-state index contributed by atoms with van der Waals surface area (Å²) in [5.41, 5.74) is 6.86. The van der Waals surface area contributed by atoms with Crippen LogP contribution in [-0.2, 0) is 0 Å². The van der Waals surface area contributed by atoms with E-state index >= 15 is 0 Å². The molecule has 0 radical (unpaired) electrons. The monoisotopic (exact) mass is 482 g/mol. The lowest BCUT2D eigenvalue weighted by molar-refractivity contribution is 0.798. The van der Waals surface area contributed by atoms with E-state index in [-0.39, 0.29) is 0 Å². The van der Waals surface area contributed by atoms with Crippen molar-refractivity contribution in [2.45, 2.75) is 6.42 Å². The molecule has 1 unspecified atom stereocenters. The first-order valence-corrected chi connectivity index (χ1v) is 13.5. The maximum Gasteiger partial charge on any atom is 0.0142 e. The van der Waals surface area contributed by atoms with Crippen LogP contribution in [0.3, 0.4) is 0 Å². The molecular formula is C38H26. The summed E-state index contributed by atoms with van der Waals surface area (Å²) in [5, 5.41) is 10.5. The van der Waals surface area contributed by atoms with E-state index in [1.807, 2.05) is 0 Å². The minimum Gasteiger partial charge on any atom is -0.0836 e. The van der Waals surface area contributed by atoms with Crippen LogP contribution in [0.25, 0.3) is 43.5 Å². The van der Waals surface area contributed by atoms with E-state index in [0.29, 0.717) is 5.92 Å². The minimum absolute atomic E-state index is 0.323. The summed E-state index contributed by atoms with van der Waals surface area (Å²) in [6.45, 7) is 0. The Morgan fingerprint density at radius 1 is 0.500 bits per heavy atom. The highest BCUT2D eigenvalue weighted by Gasteiger charge is 2.29. The molecule has 0 spiro atoms. The first-order chi connectivity index (χ1) is 18.8. The maximum absolute atomic E-state index is 2.43. The molecule has 0 aromatic heterocycles. The number of hydrogen-bond acceptors (Lipinski definition) is 0. The molecule has 8 rings (SSSR count). The number of rotatable bonds is 2. The van der Waals surface area contributed by atoms with E-state index in [9.17, 15) is 0 Å². The van der Waals surface area contributed by atoms with Crippen molar-refractivity contribution in [1.82, 2.24) is 0 Å². The van der Waals surface area contributed by atoms with Gasteiger partial charge in [-0.05, 0) is 89.2 Å². The second-order valence-electron chi connectivity index (χ2n) is 10.5. The zero-order valence-corrected chi connectivity index (χ0v) is 21.1. The van der Waals surface area contributed by atoms with Gasteiger partial charge in [-0.1, -0.05) is 127 Å². The molecule has 0 N–H and O–H groups in total. The Morgan fingerprint density at radius 3 is 2.05 bits per heavy atom. The molecule has 2 aliphatic carbocycles. The van der Waals surface area contributed by atoms with Gasteiger partial charge < -0.3 is 0 Å². The maximum atomic E-state index is 2.43. The molecule has 0 fully saturated rings. The normalized spacial score (nSPS) is 16.5. The molecule has 6 aromatic carbocycles. The predicted octanol–water partition coefficient (Wildman–Crippen LogP) is 8.06. The molecule has 0 heterocycles. The van der Waals surface area contributed by atoms with Crippen LogP contribution >= 0.6 is 0 Å². The van der Waals surface area contributed by atoms with Crippen LogP contribution in [0.1, 0.15) is 17.5 Å². The van der Waals surface area contributed by atoms with Gasteiger partial charge >= 0.3 is 0 Å². The van der Waals surface area contributed by atoms with Crippen molar-refractivity contribution in [1.29, 1.82) is 0 Å². The van der Waals surface area contributed by atoms with Gasteiger partial charge in [0.15, 0.2) is 0 Å². The minimum atomic E-state index is 0.323. The highest BCUT2D eigenvalue weighted by Crippen LogP contribution is 2.41. The van der Waals surface area contributed by atoms with Gasteiger partial charge in [0.25, 0.3) is 0 Å². The van der Waals surface area contributed by atoms with Crippen molar-refractivity contribution in [2.24, 2.45) is 5.92 Å². The highest BCUT2D eigenvalue weighted by molar-refractivity contribution is 6.08. The van der Waals surface area contributed by atoms with Crippen LogP contribution in [0.2, 0.25) is 0 Å². The molecule has 6 aromatic rings. The summed E-state index contributed by atoms with van der Waals surface area (Å²) >= 11 is 0. The molecule has 38 heavy (non-hydrogen) atoms. The van der Waals surface area contributed by atoms with E-state index in [2.05, 4.69) is 140 Å². The number of fused-ring (bicyclic) bond motifs is 6. The molecule has 178 valence electrons. The van der Waals surface area contributed by atoms with Crippen molar-refractivity contribution >= 4 is 43.5 Å². The summed E-state index contributed by atoms with van der Waals surface area (Å²) in [7, 11) is 0. The van der Waals surface area contributed by atoms with Crippen LogP contribution < -0.4 is 10.4 Å². The summed E-state index contributed by atoms with van der Waals surface area (Å²) < 4.78 is 0. The number of hydrogen-bond donors (Lipinski definition) is 0. The molecule has 1 atom stereocenters. The quantitative estimate of drug-likeness (QED) is 0.219. The molecule has 0 amide bonds. The molecule has 0 saturated heterocycles. The van der Waals surface area contributed by atoms with Crippen molar-refractivity contribution in [3.05, 3.63) is 167 Å². The third-order valence-electron chi connectivity index (χ3n) is 8.38. The van der Waals surface area contributed by atoms with Crippen LogP contribution in [0.5, 0.6) is 0 Å². The summed E-state index contributed by atoms with van der Waals surface area (Å²) in [6, 6.07) is 44.9. The molecular weight excluding hydrogens is 456 g/mol. The Kier molecular flexibility index (Phi) is 4.75. The largest absolute Gasteiger partial charge is 0.0836 e. The number of allylic oxidation sites excluding steroid dienone is 4. The Hall–Kier alpha value is -4.68. The lowest BCUT2D eigenvalue weighted by atomic mass is 9.72. The smallest absolute Gasteiger partial charge is 0.0142 e. The molecule has 0 nitrogen and oxygen atoms in total. The van der Waals surface area contributed by atoms with Crippen molar-refractivity contribution < 1.29 is 0 Å². The van der Waals surface area contributed by atoms with E-state index in [0.717, 1.165) is 6.42 Å². The fourth-order valence-electron chi connectivity index (χ4n) is 6.63. The van der Waals surface area contributed by atoms with Crippen LogP contribution in [0.4, 0.5) is 0 Å². The summed E-state index contributed by atoms with van der Waals surface area (Å²) in [5.74, 6) is 0.323.